The normalized spacial score (nSPS) is 13.5. The molecule has 0 amide bonds. The number of nitrogens with zero attached hydrogens (tertiary/aromatic N) is 8. The van der Waals surface area contributed by atoms with Gasteiger partial charge in [-0.2, -0.15) is 9.97 Å². The number of imidazole rings is 1. The van der Waals surface area contributed by atoms with Gasteiger partial charge in [-0.05, 0) is 42.4 Å². The fourth-order valence-corrected chi connectivity index (χ4v) is 5.94. The van der Waals surface area contributed by atoms with E-state index >= 15 is 4.39 Å². The van der Waals surface area contributed by atoms with Gasteiger partial charge in [0.15, 0.2) is 17.0 Å². The Hall–Kier alpha value is -5.88. The molecule has 7 rings (SSSR count). The Morgan fingerprint density at radius 3 is 2.19 bits per heavy atom. The highest BCUT2D eigenvalue weighted by Gasteiger charge is 2.22. The third-order valence-corrected chi connectivity index (χ3v) is 8.48. The summed E-state index contributed by atoms with van der Waals surface area (Å²) in [6.45, 7) is 4.31. The molecule has 2 aromatic heterocycles. The molecule has 0 saturated carbocycles. The van der Waals surface area contributed by atoms with E-state index in [1.54, 1.807) is 29.1 Å². The lowest BCUT2D eigenvalue weighted by Crippen LogP contribution is -2.44. The summed E-state index contributed by atoms with van der Waals surface area (Å²) >= 11 is 0. The zero-order chi connectivity index (χ0) is 33.0. The van der Waals surface area contributed by atoms with Gasteiger partial charge < -0.3 is 20.0 Å². The number of fused-ring (bicyclic) bond motifs is 1. The molecule has 0 aliphatic carbocycles. The van der Waals surface area contributed by atoms with Crippen LogP contribution < -0.4 is 15.1 Å². The van der Waals surface area contributed by atoms with Crippen LogP contribution in [0.15, 0.2) is 109 Å². The number of rotatable bonds is 10. The minimum atomic E-state index is -0.433. The van der Waals surface area contributed by atoms with Crippen molar-refractivity contribution in [3.63, 3.8) is 0 Å². The molecule has 0 unspecified atom stereocenters. The highest BCUT2D eigenvalue weighted by molar-refractivity contribution is 5.86. The van der Waals surface area contributed by atoms with Crippen molar-refractivity contribution >= 4 is 40.0 Å². The number of nitro groups is 1. The summed E-state index contributed by atoms with van der Waals surface area (Å²) in [5, 5.41) is 14.8. The van der Waals surface area contributed by atoms with Crippen LogP contribution in [0.1, 0.15) is 11.1 Å². The van der Waals surface area contributed by atoms with Crippen molar-refractivity contribution in [2.45, 2.75) is 13.1 Å². The van der Waals surface area contributed by atoms with Gasteiger partial charge in [-0.1, -0.05) is 66.7 Å². The molecule has 1 aliphatic heterocycles. The summed E-state index contributed by atoms with van der Waals surface area (Å²) in [5.41, 5.74) is 4.67. The summed E-state index contributed by atoms with van der Waals surface area (Å²) in [7, 11) is 2.07. The number of non-ortho nitro benzene ring substituents is 1. The van der Waals surface area contributed by atoms with E-state index in [1.165, 1.54) is 18.2 Å². The molecule has 242 valence electrons. The Kier molecular flexibility index (Phi) is 8.63. The van der Waals surface area contributed by atoms with Crippen molar-refractivity contribution < 1.29 is 9.31 Å². The second kappa shape index (κ2) is 13.5. The number of likely N-dealkylation sites (N-methyl/N-ethyl adjacent to an activating group) is 1. The van der Waals surface area contributed by atoms with Crippen LogP contribution in [0.5, 0.6) is 0 Å². The first-order valence-corrected chi connectivity index (χ1v) is 15.7. The lowest BCUT2D eigenvalue weighted by atomic mass is 10.1. The number of aromatic nitrogens is 4. The third-order valence-electron chi connectivity index (χ3n) is 8.48. The number of piperazine rings is 1. The molecule has 0 spiro atoms. The van der Waals surface area contributed by atoms with Crippen molar-refractivity contribution in [2.75, 3.05) is 48.3 Å². The Morgan fingerprint density at radius 2 is 1.54 bits per heavy atom. The first kappa shape index (κ1) is 30.8. The maximum Gasteiger partial charge on any atom is 0.271 e. The average Bonchev–Trinajstić information content (AvgIpc) is 3.53. The number of halogens is 1. The fraction of sp³-hybridized carbons (Fsp3) is 0.194. The molecular weight excluding hydrogens is 609 g/mol. The Morgan fingerprint density at radius 1 is 0.854 bits per heavy atom. The number of benzene rings is 4. The van der Waals surface area contributed by atoms with Crippen LogP contribution in [0.3, 0.4) is 0 Å². The summed E-state index contributed by atoms with van der Waals surface area (Å²) in [4.78, 5) is 32.1. The zero-order valence-corrected chi connectivity index (χ0v) is 26.4. The van der Waals surface area contributed by atoms with Gasteiger partial charge in [-0.3, -0.25) is 14.7 Å². The molecule has 0 radical (unpaired) electrons. The van der Waals surface area contributed by atoms with Crippen molar-refractivity contribution in [3.05, 3.63) is 137 Å². The van der Waals surface area contributed by atoms with Gasteiger partial charge >= 0.3 is 0 Å². The molecule has 3 heterocycles. The molecule has 11 nitrogen and oxygen atoms in total. The monoisotopic (exact) mass is 643 g/mol. The molecule has 1 fully saturated rings. The molecule has 0 atom stereocenters. The van der Waals surface area contributed by atoms with E-state index in [1.807, 2.05) is 42.5 Å². The van der Waals surface area contributed by atoms with Crippen molar-refractivity contribution in [1.82, 2.24) is 24.4 Å². The minimum Gasteiger partial charge on any atom is -0.367 e. The third kappa shape index (κ3) is 6.65. The molecule has 48 heavy (non-hydrogen) atoms. The molecular formula is C36H34FN9O2. The lowest BCUT2D eigenvalue weighted by molar-refractivity contribution is -0.384. The standard InChI is InChI=1S/C36H34FN9O2/c1-42-17-19-43(20-18-42)32-16-15-28(21-31(32)37)39-36-40-34(44(23-26-9-4-2-5-10-26)24-27-11-6-3-7-12-27)33-35(41-36)45(25-38-33)29-13-8-14-30(22-29)46(47)48/h2-16,21-22,25H,17-20,23-24H2,1H3,(H,39,40,41). The van der Waals surface area contributed by atoms with E-state index < -0.39 is 4.92 Å². The zero-order valence-electron chi connectivity index (χ0n) is 26.4. The summed E-state index contributed by atoms with van der Waals surface area (Å²) < 4.78 is 17.2. The van der Waals surface area contributed by atoms with E-state index in [0.717, 1.165) is 37.3 Å². The van der Waals surface area contributed by atoms with Crippen LogP contribution in [0, 0.1) is 15.9 Å². The maximum atomic E-state index is 15.5. The van der Waals surface area contributed by atoms with Gasteiger partial charge in [0.1, 0.15) is 12.1 Å². The SMILES string of the molecule is CN1CCN(c2ccc(Nc3nc(N(Cc4ccccc4)Cc4ccccc4)c4ncn(-c5cccc([N+](=O)[O-])c5)c4n3)cc2F)CC1. The van der Waals surface area contributed by atoms with E-state index in [9.17, 15) is 10.1 Å². The topological polar surface area (TPSA) is 108 Å². The van der Waals surface area contributed by atoms with E-state index in [4.69, 9.17) is 15.0 Å². The van der Waals surface area contributed by atoms with Crippen molar-refractivity contribution in [1.29, 1.82) is 0 Å². The van der Waals surface area contributed by atoms with Crippen LogP contribution in [0.25, 0.3) is 16.9 Å². The number of anilines is 4. The quantitative estimate of drug-likeness (QED) is 0.131. The Balaban J connectivity index is 1.32. The first-order chi connectivity index (χ1) is 23.4. The molecule has 1 saturated heterocycles. The van der Waals surface area contributed by atoms with Gasteiger partial charge in [0.2, 0.25) is 5.95 Å². The predicted octanol–water partition coefficient (Wildman–Crippen LogP) is 6.57. The van der Waals surface area contributed by atoms with Crippen LogP contribution >= 0.6 is 0 Å². The van der Waals surface area contributed by atoms with Gasteiger partial charge in [0.05, 0.1) is 16.3 Å². The van der Waals surface area contributed by atoms with Crippen LogP contribution in [0.4, 0.5) is 33.2 Å². The molecule has 1 aliphatic rings. The van der Waals surface area contributed by atoms with Gasteiger partial charge in [0.25, 0.3) is 5.69 Å². The highest BCUT2D eigenvalue weighted by Crippen LogP contribution is 2.31. The number of hydrogen-bond donors (Lipinski definition) is 1. The minimum absolute atomic E-state index is 0.0484. The Bertz CT molecular complexity index is 2010. The van der Waals surface area contributed by atoms with E-state index in [-0.39, 0.29) is 17.5 Å². The van der Waals surface area contributed by atoms with Crippen molar-refractivity contribution in [3.8, 4) is 5.69 Å². The number of nitro benzene ring substituents is 1. The smallest absolute Gasteiger partial charge is 0.271 e. The Labute approximate surface area is 277 Å². The van der Waals surface area contributed by atoms with E-state index in [2.05, 4.69) is 51.3 Å². The molecule has 4 aromatic carbocycles. The molecule has 6 aromatic rings. The maximum absolute atomic E-state index is 15.5. The largest absolute Gasteiger partial charge is 0.367 e. The second-order valence-electron chi connectivity index (χ2n) is 11.8. The van der Waals surface area contributed by atoms with Gasteiger partial charge in [-0.15, -0.1) is 0 Å². The molecule has 1 N–H and O–H groups in total. The fourth-order valence-electron chi connectivity index (χ4n) is 5.94. The van der Waals surface area contributed by atoms with Crippen molar-refractivity contribution in [2.24, 2.45) is 0 Å². The van der Waals surface area contributed by atoms with Crippen LogP contribution in [-0.4, -0.2) is 62.6 Å². The number of nitrogens with one attached hydrogen (secondary N) is 1. The highest BCUT2D eigenvalue weighted by atomic mass is 19.1. The summed E-state index contributed by atoms with van der Waals surface area (Å²) in [6.07, 6.45) is 1.60. The summed E-state index contributed by atoms with van der Waals surface area (Å²) in [6, 6.07) is 31.6. The average molecular weight is 644 g/mol. The summed E-state index contributed by atoms with van der Waals surface area (Å²) in [5.74, 6) is 0.471. The first-order valence-electron chi connectivity index (χ1n) is 15.7. The van der Waals surface area contributed by atoms with E-state index in [0.29, 0.717) is 47.1 Å². The van der Waals surface area contributed by atoms with Gasteiger partial charge in [-0.25, -0.2) is 9.37 Å². The predicted molar refractivity (Wildman–Crippen MR) is 185 cm³/mol. The van der Waals surface area contributed by atoms with Crippen LogP contribution in [0.2, 0.25) is 0 Å². The second-order valence-corrected chi connectivity index (χ2v) is 11.8. The van der Waals surface area contributed by atoms with Crippen LogP contribution in [-0.2, 0) is 13.1 Å². The number of hydrogen-bond acceptors (Lipinski definition) is 9. The molecule has 0 bridgehead atoms. The van der Waals surface area contributed by atoms with Gasteiger partial charge in [0, 0.05) is 57.1 Å². The molecule has 12 heteroatoms. The lowest BCUT2D eigenvalue weighted by Gasteiger charge is -2.34.